The Kier molecular flexibility index (Phi) is 6.81. The fourth-order valence-electron chi connectivity index (χ4n) is 2.22. The number of alkyl carbamates (subject to hydrolysis) is 1. The molecule has 1 N–H and O–H groups in total. The first-order valence-electron chi connectivity index (χ1n) is 8.14. The quantitative estimate of drug-likeness (QED) is 0.861. The molecular formula is C17H29N3O4. The number of carbonyl (C=O) groups excluding carboxylic acids is 2. The molecule has 0 saturated carbocycles. The topological polar surface area (TPSA) is 84.7 Å². The van der Waals surface area contributed by atoms with E-state index in [1.54, 1.807) is 40.8 Å². The molecule has 0 saturated heterocycles. The number of ether oxygens (including phenoxy) is 1. The summed E-state index contributed by atoms with van der Waals surface area (Å²) in [4.78, 5) is 26.2. The Morgan fingerprint density at radius 1 is 1.38 bits per heavy atom. The van der Waals surface area contributed by atoms with Crippen LogP contribution in [0.15, 0.2) is 10.6 Å². The molecule has 136 valence electrons. The zero-order valence-corrected chi connectivity index (χ0v) is 15.7. The first-order chi connectivity index (χ1) is 11.0. The molecule has 1 heterocycles. The number of hydrogen-bond donors (Lipinski definition) is 1. The summed E-state index contributed by atoms with van der Waals surface area (Å²) in [6.45, 7) is 11.5. The molecule has 0 aliphatic heterocycles. The van der Waals surface area contributed by atoms with E-state index in [4.69, 9.17) is 9.26 Å². The van der Waals surface area contributed by atoms with E-state index in [0.29, 0.717) is 24.4 Å². The van der Waals surface area contributed by atoms with Gasteiger partial charge in [-0.3, -0.25) is 4.79 Å². The molecule has 0 radical (unpaired) electrons. The van der Waals surface area contributed by atoms with E-state index in [2.05, 4.69) is 10.5 Å². The minimum atomic E-state index is -0.641. The van der Waals surface area contributed by atoms with Crippen LogP contribution in [0.4, 0.5) is 4.79 Å². The number of aromatic nitrogens is 1. The number of likely N-dealkylation sites (N-methyl/N-ethyl adjacent to an activating group) is 1. The number of aryl methyl sites for hydroxylation is 1. The number of rotatable bonds is 6. The molecule has 0 bridgehead atoms. The van der Waals surface area contributed by atoms with Crippen LogP contribution in [-0.4, -0.2) is 40.7 Å². The summed E-state index contributed by atoms with van der Waals surface area (Å²) < 4.78 is 10.3. The predicted octanol–water partition coefficient (Wildman–Crippen LogP) is 2.88. The molecule has 0 aliphatic rings. The van der Waals surface area contributed by atoms with Gasteiger partial charge in [-0.2, -0.15) is 0 Å². The van der Waals surface area contributed by atoms with Gasteiger partial charge in [0.05, 0.1) is 6.54 Å². The number of amides is 2. The van der Waals surface area contributed by atoms with E-state index < -0.39 is 17.7 Å². The standard InChI is InChI=1S/C17H29N3O4/c1-11(2)8-14(18-16(22)23-17(4,5)6)15(21)20(7)10-13-9-12(3)24-19-13/h9,11,14H,8,10H2,1-7H3,(H,18,22). The highest BCUT2D eigenvalue weighted by Crippen LogP contribution is 2.12. The Hall–Kier alpha value is -2.05. The molecule has 1 rings (SSSR count). The van der Waals surface area contributed by atoms with Gasteiger partial charge in [0.2, 0.25) is 5.91 Å². The first-order valence-corrected chi connectivity index (χ1v) is 8.14. The van der Waals surface area contributed by atoms with Gasteiger partial charge in [0.1, 0.15) is 23.1 Å². The van der Waals surface area contributed by atoms with Gasteiger partial charge in [0.15, 0.2) is 0 Å². The number of carbonyl (C=O) groups is 2. The van der Waals surface area contributed by atoms with Crippen molar-refractivity contribution >= 4 is 12.0 Å². The molecule has 1 atom stereocenters. The molecule has 1 aromatic heterocycles. The largest absolute Gasteiger partial charge is 0.444 e. The maximum atomic E-state index is 12.7. The highest BCUT2D eigenvalue weighted by Gasteiger charge is 2.27. The normalized spacial score (nSPS) is 12.8. The Morgan fingerprint density at radius 2 is 2.00 bits per heavy atom. The smallest absolute Gasteiger partial charge is 0.408 e. The van der Waals surface area contributed by atoms with E-state index in [9.17, 15) is 9.59 Å². The predicted molar refractivity (Wildman–Crippen MR) is 90.3 cm³/mol. The van der Waals surface area contributed by atoms with Crippen molar-refractivity contribution in [3.63, 3.8) is 0 Å². The van der Waals surface area contributed by atoms with Gasteiger partial charge >= 0.3 is 6.09 Å². The summed E-state index contributed by atoms with van der Waals surface area (Å²) >= 11 is 0. The van der Waals surface area contributed by atoms with E-state index >= 15 is 0 Å². The van der Waals surface area contributed by atoms with Crippen LogP contribution in [0, 0.1) is 12.8 Å². The Balaban J connectivity index is 2.74. The van der Waals surface area contributed by atoms with Crippen LogP contribution in [0.25, 0.3) is 0 Å². The first kappa shape index (κ1) is 20.0. The lowest BCUT2D eigenvalue weighted by Gasteiger charge is -2.27. The zero-order valence-electron chi connectivity index (χ0n) is 15.7. The van der Waals surface area contributed by atoms with Crippen LogP contribution in [0.5, 0.6) is 0 Å². The van der Waals surface area contributed by atoms with Crippen molar-refractivity contribution in [1.82, 2.24) is 15.4 Å². The Morgan fingerprint density at radius 3 is 2.46 bits per heavy atom. The molecule has 24 heavy (non-hydrogen) atoms. The van der Waals surface area contributed by atoms with E-state index in [-0.39, 0.29) is 11.8 Å². The maximum absolute atomic E-state index is 12.7. The van der Waals surface area contributed by atoms with E-state index in [0.717, 1.165) is 0 Å². The summed E-state index contributed by atoms with van der Waals surface area (Å²) in [5, 5.41) is 6.57. The second-order valence-electron chi connectivity index (χ2n) is 7.45. The van der Waals surface area contributed by atoms with Crippen LogP contribution in [0.3, 0.4) is 0 Å². The van der Waals surface area contributed by atoms with Gasteiger partial charge in [-0.15, -0.1) is 0 Å². The van der Waals surface area contributed by atoms with Crippen molar-refractivity contribution in [2.24, 2.45) is 5.92 Å². The fourth-order valence-corrected chi connectivity index (χ4v) is 2.22. The average molecular weight is 339 g/mol. The maximum Gasteiger partial charge on any atom is 0.408 e. The van der Waals surface area contributed by atoms with E-state index in [1.165, 1.54) is 4.90 Å². The SMILES string of the molecule is Cc1cc(CN(C)C(=O)C(CC(C)C)NC(=O)OC(C)(C)C)no1. The van der Waals surface area contributed by atoms with E-state index in [1.807, 2.05) is 13.8 Å². The molecule has 0 fully saturated rings. The molecule has 1 unspecified atom stereocenters. The lowest BCUT2D eigenvalue weighted by molar-refractivity contribution is -0.133. The monoisotopic (exact) mass is 339 g/mol. The third-order valence-corrected chi connectivity index (χ3v) is 3.15. The van der Waals surface area contributed by atoms with Gasteiger partial charge in [-0.25, -0.2) is 4.79 Å². The van der Waals surface area contributed by atoms with Crippen LogP contribution < -0.4 is 5.32 Å². The Bertz CT molecular complexity index is 560. The average Bonchev–Trinajstić information content (AvgIpc) is 2.79. The summed E-state index contributed by atoms with van der Waals surface area (Å²) in [5.41, 5.74) is 0.0588. The van der Waals surface area contributed by atoms with Gasteiger partial charge in [0, 0.05) is 13.1 Å². The molecule has 7 heteroatoms. The third-order valence-electron chi connectivity index (χ3n) is 3.15. The van der Waals surface area contributed by atoms with Crippen LogP contribution in [0.1, 0.15) is 52.5 Å². The molecule has 7 nitrogen and oxygen atoms in total. The van der Waals surface area contributed by atoms with Gasteiger partial charge in [-0.05, 0) is 40.0 Å². The molecular weight excluding hydrogens is 310 g/mol. The fraction of sp³-hybridized carbons (Fsp3) is 0.706. The van der Waals surface area contributed by atoms with Crippen molar-refractivity contribution in [3.8, 4) is 0 Å². The number of hydrogen-bond acceptors (Lipinski definition) is 5. The van der Waals surface area contributed by atoms with Crippen molar-refractivity contribution < 1.29 is 18.8 Å². The minimum Gasteiger partial charge on any atom is -0.444 e. The molecule has 2 amide bonds. The lowest BCUT2D eigenvalue weighted by Crippen LogP contribution is -2.49. The Labute approximate surface area is 143 Å². The molecule has 0 aliphatic carbocycles. The van der Waals surface area contributed by atoms with Crippen LogP contribution in [-0.2, 0) is 16.1 Å². The second kappa shape index (κ2) is 8.17. The van der Waals surface area contributed by atoms with Gasteiger partial charge in [0.25, 0.3) is 0 Å². The number of nitrogens with zero attached hydrogens (tertiary/aromatic N) is 2. The van der Waals surface area contributed by atoms with Crippen molar-refractivity contribution in [1.29, 1.82) is 0 Å². The second-order valence-corrected chi connectivity index (χ2v) is 7.45. The van der Waals surface area contributed by atoms with Crippen LogP contribution in [0.2, 0.25) is 0 Å². The third kappa shape index (κ3) is 7.02. The molecule has 0 aromatic carbocycles. The summed E-state index contributed by atoms with van der Waals surface area (Å²) in [5.74, 6) is 0.753. The zero-order chi connectivity index (χ0) is 18.5. The summed E-state index contributed by atoms with van der Waals surface area (Å²) in [6, 6.07) is 1.14. The summed E-state index contributed by atoms with van der Waals surface area (Å²) in [6.07, 6.45) is -0.0625. The highest BCUT2D eigenvalue weighted by molar-refractivity contribution is 5.85. The highest BCUT2D eigenvalue weighted by atomic mass is 16.6. The summed E-state index contributed by atoms with van der Waals surface area (Å²) in [7, 11) is 1.68. The minimum absolute atomic E-state index is 0.185. The lowest BCUT2D eigenvalue weighted by atomic mass is 10.0. The molecule has 0 spiro atoms. The van der Waals surface area contributed by atoms with Gasteiger partial charge < -0.3 is 19.5 Å². The van der Waals surface area contributed by atoms with Crippen LogP contribution >= 0.6 is 0 Å². The van der Waals surface area contributed by atoms with Crippen molar-refractivity contribution in [2.75, 3.05) is 7.05 Å². The number of nitrogens with one attached hydrogen (secondary N) is 1. The van der Waals surface area contributed by atoms with Crippen molar-refractivity contribution in [2.45, 2.75) is 66.2 Å². The van der Waals surface area contributed by atoms with Crippen molar-refractivity contribution in [3.05, 3.63) is 17.5 Å². The van der Waals surface area contributed by atoms with Gasteiger partial charge in [-0.1, -0.05) is 19.0 Å². The molecule has 1 aromatic rings.